The number of hydrogen-bond donors (Lipinski definition) is 0. The SMILES string of the molecule is COCC(=O)N(Cc1cccc(F)c1)C[C@H]1CC(c2ccccc2C)=NO1. The van der Waals surface area contributed by atoms with E-state index in [0.29, 0.717) is 19.5 Å². The van der Waals surface area contributed by atoms with Gasteiger partial charge in [-0.2, -0.15) is 0 Å². The van der Waals surface area contributed by atoms with Crippen LogP contribution in [-0.2, 0) is 20.9 Å². The van der Waals surface area contributed by atoms with E-state index in [0.717, 1.165) is 22.4 Å². The second-order valence-corrected chi connectivity index (χ2v) is 6.62. The first-order valence-corrected chi connectivity index (χ1v) is 8.86. The van der Waals surface area contributed by atoms with Gasteiger partial charge in [-0.25, -0.2) is 4.39 Å². The van der Waals surface area contributed by atoms with Crippen LogP contribution >= 0.6 is 0 Å². The minimum Gasteiger partial charge on any atom is -0.390 e. The molecule has 1 amide bonds. The van der Waals surface area contributed by atoms with Crippen molar-refractivity contribution in [1.82, 2.24) is 4.90 Å². The Labute approximate surface area is 158 Å². The fourth-order valence-electron chi connectivity index (χ4n) is 3.15. The molecule has 1 aliphatic heterocycles. The van der Waals surface area contributed by atoms with E-state index in [1.54, 1.807) is 17.0 Å². The smallest absolute Gasteiger partial charge is 0.248 e. The maximum atomic E-state index is 13.5. The highest BCUT2D eigenvalue weighted by Crippen LogP contribution is 2.21. The maximum Gasteiger partial charge on any atom is 0.248 e. The van der Waals surface area contributed by atoms with Crippen LogP contribution in [0.3, 0.4) is 0 Å². The zero-order valence-corrected chi connectivity index (χ0v) is 15.5. The van der Waals surface area contributed by atoms with Gasteiger partial charge in [0.2, 0.25) is 5.91 Å². The van der Waals surface area contributed by atoms with E-state index in [1.165, 1.54) is 19.2 Å². The summed E-state index contributed by atoms with van der Waals surface area (Å²) in [5.74, 6) is -0.497. The third kappa shape index (κ3) is 4.92. The summed E-state index contributed by atoms with van der Waals surface area (Å²) in [5, 5.41) is 4.22. The molecule has 0 saturated carbocycles. The molecule has 1 aliphatic rings. The molecule has 0 fully saturated rings. The topological polar surface area (TPSA) is 51.1 Å². The van der Waals surface area contributed by atoms with Crippen molar-refractivity contribution in [3.63, 3.8) is 0 Å². The molecular formula is C21H23FN2O3. The molecule has 0 N–H and O–H groups in total. The van der Waals surface area contributed by atoms with Gasteiger partial charge in [-0.15, -0.1) is 0 Å². The zero-order chi connectivity index (χ0) is 19.2. The Balaban J connectivity index is 1.68. The van der Waals surface area contributed by atoms with E-state index < -0.39 is 0 Å². The van der Waals surface area contributed by atoms with Gasteiger partial charge in [-0.1, -0.05) is 41.6 Å². The standard InChI is InChI=1S/C21H23FN2O3/c1-15-6-3-4-9-19(15)20-11-18(27-23-20)13-24(21(25)14-26-2)12-16-7-5-8-17(22)10-16/h3-10,18H,11-14H2,1-2H3/t18-/m1/s1. The van der Waals surface area contributed by atoms with Gasteiger partial charge < -0.3 is 14.5 Å². The number of rotatable bonds is 7. The molecule has 0 unspecified atom stereocenters. The van der Waals surface area contributed by atoms with Crippen molar-refractivity contribution in [2.45, 2.75) is 26.0 Å². The van der Waals surface area contributed by atoms with Crippen molar-refractivity contribution in [2.24, 2.45) is 5.16 Å². The van der Waals surface area contributed by atoms with Gasteiger partial charge in [0.05, 0.1) is 12.3 Å². The molecule has 6 heteroatoms. The largest absolute Gasteiger partial charge is 0.390 e. The molecule has 0 bridgehead atoms. The fourth-order valence-corrected chi connectivity index (χ4v) is 3.15. The van der Waals surface area contributed by atoms with E-state index >= 15 is 0 Å². The number of carbonyl (C=O) groups excluding carboxylic acids is 1. The fraction of sp³-hybridized carbons (Fsp3) is 0.333. The lowest BCUT2D eigenvalue weighted by Gasteiger charge is -2.24. The van der Waals surface area contributed by atoms with Crippen LogP contribution in [0.2, 0.25) is 0 Å². The Morgan fingerprint density at radius 3 is 2.85 bits per heavy atom. The lowest BCUT2D eigenvalue weighted by molar-refractivity contribution is -0.137. The molecular weight excluding hydrogens is 347 g/mol. The van der Waals surface area contributed by atoms with E-state index in [4.69, 9.17) is 9.57 Å². The maximum absolute atomic E-state index is 13.5. The van der Waals surface area contributed by atoms with Crippen molar-refractivity contribution in [3.05, 3.63) is 71.0 Å². The average molecular weight is 370 g/mol. The summed E-state index contributed by atoms with van der Waals surface area (Å²) < 4.78 is 18.5. The predicted molar refractivity (Wildman–Crippen MR) is 101 cm³/mol. The summed E-state index contributed by atoms with van der Waals surface area (Å²) >= 11 is 0. The molecule has 27 heavy (non-hydrogen) atoms. The number of benzene rings is 2. The highest BCUT2D eigenvalue weighted by molar-refractivity contribution is 6.02. The number of oxime groups is 1. The van der Waals surface area contributed by atoms with Gasteiger partial charge in [0.25, 0.3) is 0 Å². The molecule has 0 spiro atoms. The van der Waals surface area contributed by atoms with Crippen LogP contribution in [0.1, 0.15) is 23.1 Å². The zero-order valence-electron chi connectivity index (χ0n) is 15.5. The Morgan fingerprint density at radius 1 is 1.30 bits per heavy atom. The van der Waals surface area contributed by atoms with Crippen LogP contribution in [0.5, 0.6) is 0 Å². The molecule has 0 radical (unpaired) electrons. The summed E-state index contributed by atoms with van der Waals surface area (Å²) in [5.41, 5.74) is 3.79. The van der Waals surface area contributed by atoms with Crippen LogP contribution in [0, 0.1) is 12.7 Å². The normalized spacial score (nSPS) is 16.0. The Bertz CT molecular complexity index is 838. The molecule has 142 valence electrons. The lowest BCUT2D eigenvalue weighted by Crippen LogP contribution is -2.39. The number of methoxy groups -OCH3 is 1. The third-order valence-corrected chi connectivity index (χ3v) is 4.50. The summed E-state index contributed by atoms with van der Waals surface area (Å²) in [6.45, 7) is 2.65. The van der Waals surface area contributed by atoms with Crippen molar-refractivity contribution in [2.75, 3.05) is 20.3 Å². The number of amides is 1. The molecule has 5 nitrogen and oxygen atoms in total. The minimum atomic E-state index is -0.325. The van der Waals surface area contributed by atoms with Crippen LogP contribution < -0.4 is 0 Å². The Kier molecular flexibility index (Phi) is 6.19. The van der Waals surface area contributed by atoms with Gasteiger partial charge in [0.1, 0.15) is 12.4 Å². The molecule has 0 aromatic heterocycles. The van der Waals surface area contributed by atoms with Gasteiger partial charge in [-0.3, -0.25) is 4.79 Å². The molecule has 2 aromatic carbocycles. The second kappa shape index (κ2) is 8.77. The van der Waals surface area contributed by atoms with E-state index in [9.17, 15) is 9.18 Å². The van der Waals surface area contributed by atoms with Crippen molar-refractivity contribution < 1.29 is 18.8 Å². The van der Waals surface area contributed by atoms with Crippen LogP contribution in [0.15, 0.2) is 53.7 Å². The summed E-state index contributed by atoms with van der Waals surface area (Å²) in [6, 6.07) is 14.2. The molecule has 2 aromatic rings. The molecule has 0 saturated heterocycles. The van der Waals surface area contributed by atoms with Gasteiger partial charge in [0, 0.05) is 25.6 Å². The summed E-state index contributed by atoms with van der Waals surface area (Å²) in [7, 11) is 1.48. The minimum absolute atomic E-state index is 0.0342. The van der Waals surface area contributed by atoms with Gasteiger partial charge in [-0.05, 0) is 30.2 Å². The molecule has 1 heterocycles. The van der Waals surface area contributed by atoms with Crippen molar-refractivity contribution in [3.8, 4) is 0 Å². The van der Waals surface area contributed by atoms with Crippen molar-refractivity contribution >= 4 is 11.6 Å². The van der Waals surface area contributed by atoms with Crippen LogP contribution in [0.25, 0.3) is 0 Å². The van der Waals surface area contributed by atoms with Crippen molar-refractivity contribution in [1.29, 1.82) is 0 Å². The number of ether oxygens (including phenoxy) is 1. The quantitative estimate of drug-likeness (QED) is 0.751. The second-order valence-electron chi connectivity index (χ2n) is 6.62. The predicted octanol–water partition coefficient (Wildman–Crippen LogP) is 3.30. The first-order valence-electron chi connectivity index (χ1n) is 8.86. The molecule has 1 atom stereocenters. The number of nitrogens with zero attached hydrogens (tertiary/aromatic N) is 2. The Morgan fingerprint density at radius 2 is 2.11 bits per heavy atom. The molecule has 3 rings (SSSR count). The highest BCUT2D eigenvalue weighted by Gasteiger charge is 2.27. The van der Waals surface area contributed by atoms with Gasteiger partial charge in [0.15, 0.2) is 6.10 Å². The van der Waals surface area contributed by atoms with E-state index in [1.807, 2.05) is 31.2 Å². The highest BCUT2D eigenvalue weighted by atomic mass is 19.1. The average Bonchev–Trinajstić information content (AvgIpc) is 3.10. The Hall–Kier alpha value is -2.73. The summed E-state index contributed by atoms with van der Waals surface area (Å²) in [4.78, 5) is 19.6. The first-order chi connectivity index (χ1) is 13.1. The lowest BCUT2D eigenvalue weighted by atomic mass is 10.0. The number of aryl methyl sites for hydroxylation is 1. The monoisotopic (exact) mass is 370 g/mol. The van der Waals surface area contributed by atoms with E-state index in [2.05, 4.69) is 5.16 Å². The number of carbonyl (C=O) groups is 1. The first kappa shape index (κ1) is 19.0. The van der Waals surface area contributed by atoms with Crippen LogP contribution in [-0.4, -0.2) is 42.9 Å². The number of hydrogen-bond acceptors (Lipinski definition) is 4. The van der Waals surface area contributed by atoms with Gasteiger partial charge >= 0.3 is 0 Å². The van der Waals surface area contributed by atoms with Crippen LogP contribution in [0.4, 0.5) is 4.39 Å². The van der Waals surface area contributed by atoms with E-state index in [-0.39, 0.29) is 24.4 Å². The third-order valence-electron chi connectivity index (χ3n) is 4.50. The number of halogens is 1. The molecule has 0 aliphatic carbocycles. The summed E-state index contributed by atoms with van der Waals surface area (Å²) in [6.07, 6.45) is 0.374.